The number of hydrogen-bond acceptors (Lipinski definition) is 5. The van der Waals surface area contributed by atoms with E-state index in [-0.39, 0.29) is 18.8 Å². The monoisotopic (exact) mass is 394 g/mol. The van der Waals surface area contributed by atoms with Gasteiger partial charge in [-0.2, -0.15) is 0 Å². The topological polar surface area (TPSA) is 74.3 Å². The number of aryl methyl sites for hydroxylation is 3. The van der Waals surface area contributed by atoms with Gasteiger partial charge in [-0.05, 0) is 45.7 Å². The molecule has 6 nitrogen and oxygen atoms in total. The number of hydrogen-bond donors (Lipinski definition) is 0. The smallest absolute Gasteiger partial charge is 0.306 e. The van der Waals surface area contributed by atoms with Crippen LogP contribution in [0, 0.1) is 27.7 Å². The number of carbonyl (C=O) groups is 2. The molecule has 3 rings (SSSR count). The van der Waals surface area contributed by atoms with Crippen LogP contribution in [0.2, 0.25) is 0 Å². The first-order chi connectivity index (χ1) is 13.9. The first-order valence-electron chi connectivity index (χ1n) is 9.68. The Hall–Kier alpha value is -3.15. The fourth-order valence-electron chi connectivity index (χ4n) is 3.47. The van der Waals surface area contributed by atoms with E-state index in [2.05, 4.69) is 21.9 Å². The molecule has 0 spiro atoms. The van der Waals surface area contributed by atoms with Crippen LogP contribution in [0.3, 0.4) is 0 Å². The molecule has 6 heteroatoms. The first kappa shape index (κ1) is 20.6. The molecule has 1 aromatic carbocycles. The lowest BCUT2D eigenvalue weighted by Crippen LogP contribution is -2.15. The number of benzene rings is 1. The summed E-state index contributed by atoms with van der Waals surface area (Å²) in [6, 6.07) is 11.9. The zero-order valence-electron chi connectivity index (χ0n) is 17.3. The van der Waals surface area contributed by atoms with E-state index in [0.717, 1.165) is 22.6 Å². The summed E-state index contributed by atoms with van der Waals surface area (Å²) in [5.41, 5.74) is 5.33. The van der Waals surface area contributed by atoms with Crippen molar-refractivity contribution < 1.29 is 18.8 Å². The molecule has 2 heterocycles. The van der Waals surface area contributed by atoms with Crippen LogP contribution in [-0.2, 0) is 22.5 Å². The van der Waals surface area contributed by atoms with Crippen LogP contribution in [0.25, 0.3) is 0 Å². The summed E-state index contributed by atoms with van der Waals surface area (Å²) in [4.78, 5) is 24.7. The highest BCUT2D eigenvalue weighted by molar-refractivity contribution is 5.99. The van der Waals surface area contributed by atoms with Gasteiger partial charge in [0, 0.05) is 35.5 Å². The second kappa shape index (κ2) is 8.90. The van der Waals surface area contributed by atoms with Crippen molar-refractivity contribution in [1.29, 1.82) is 0 Å². The maximum absolute atomic E-state index is 12.6. The van der Waals surface area contributed by atoms with Gasteiger partial charge in [-0.25, -0.2) is 0 Å². The van der Waals surface area contributed by atoms with Gasteiger partial charge >= 0.3 is 5.97 Å². The molecule has 0 aliphatic carbocycles. The molecule has 0 radical (unpaired) electrons. The van der Waals surface area contributed by atoms with E-state index >= 15 is 0 Å². The van der Waals surface area contributed by atoms with E-state index in [4.69, 9.17) is 9.26 Å². The number of nitrogens with zero attached hydrogens (tertiary/aromatic N) is 2. The van der Waals surface area contributed by atoms with Crippen LogP contribution in [-0.4, -0.2) is 28.1 Å². The van der Waals surface area contributed by atoms with Gasteiger partial charge in [0.1, 0.15) is 5.76 Å². The molecule has 2 aromatic heterocycles. The van der Waals surface area contributed by atoms with E-state index in [1.807, 2.05) is 52.0 Å². The molecule has 0 N–H and O–H groups in total. The molecule has 0 atom stereocenters. The van der Waals surface area contributed by atoms with E-state index in [1.54, 1.807) is 0 Å². The zero-order valence-corrected chi connectivity index (χ0v) is 17.3. The lowest BCUT2D eigenvalue weighted by atomic mass is 10.1. The highest BCUT2D eigenvalue weighted by atomic mass is 16.5. The van der Waals surface area contributed by atoms with E-state index in [1.165, 1.54) is 5.56 Å². The van der Waals surface area contributed by atoms with E-state index in [9.17, 15) is 9.59 Å². The molecule has 0 saturated carbocycles. The Morgan fingerprint density at radius 1 is 1.10 bits per heavy atom. The molecular weight excluding hydrogens is 368 g/mol. The quantitative estimate of drug-likeness (QED) is 0.424. The van der Waals surface area contributed by atoms with Gasteiger partial charge in [-0.3, -0.25) is 9.59 Å². The van der Waals surface area contributed by atoms with Crippen LogP contribution >= 0.6 is 0 Å². The van der Waals surface area contributed by atoms with Gasteiger partial charge in [-0.1, -0.05) is 35.5 Å². The average Bonchev–Trinajstić information content (AvgIpc) is 3.18. The standard InChI is InChI=1S/C23H26N2O4/c1-15-12-21(17(3)25(15)13-19-8-6-5-7-9-19)22(26)14-28-23(27)11-10-20-16(2)24-29-18(20)4/h5-9,12H,10-11,13-14H2,1-4H3. The van der Waals surface area contributed by atoms with Crippen molar-refractivity contribution in [2.75, 3.05) is 6.61 Å². The molecule has 0 bridgehead atoms. The van der Waals surface area contributed by atoms with Crippen LogP contribution in [0.1, 0.15) is 50.7 Å². The Morgan fingerprint density at radius 2 is 1.83 bits per heavy atom. The van der Waals surface area contributed by atoms with Crippen molar-refractivity contribution in [1.82, 2.24) is 9.72 Å². The third kappa shape index (κ3) is 4.83. The van der Waals surface area contributed by atoms with Crippen molar-refractivity contribution in [3.63, 3.8) is 0 Å². The summed E-state index contributed by atoms with van der Waals surface area (Å²) < 4.78 is 12.4. The number of aromatic nitrogens is 2. The van der Waals surface area contributed by atoms with Crippen molar-refractivity contribution in [3.05, 3.63) is 75.9 Å². The number of esters is 1. The van der Waals surface area contributed by atoms with Crippen molar-refractivity contribution >= 4 is 11.8 Å². The van der Waals surface area contributed by atoms with Crippen LogP contribution in [0.4, 0.5) is 0 Å². The predicted molar refractivity (Wildman–Crippen MR) is 109 cm³/mol. The average molecular weight is 394 g/mol. The van der Waals surface area contributed by atoms with Crippen LogP contribution < -0.4 is 0 Å². The summed E-state index contributed by atoms with van der Waals surface area (Å²) in [6.45, 7) is 7.99. The van der Waals surface area contributed by atoms with Gasteiger partial charge in [-0.15, -0.1) is 0 Å². The maximum atomic E-state index is 12.6. The number of Topliss-reactive ketones (excluding diaryl/α,β-unsaturated/α-hetero) is 1. The van der Waals surface area contributed by atoms with Crippen molar-refractivity contribution in [2.45, 2.75) is 47.1 Å². The summed E-state index contributed by atoms with van der Waals surface area (Å²) in [5.74, 6) is 0.108. The lowest BCUT2D eigenvalue weighted by molar-refractivity contribution is -0.142. The fraction of sp³-hybridized carbons (Fsp3) is 0.348. The van der Waals surface area contributed by atoms with Crippen molar-refractivity contribution in [2.24, 2.45) is 0 Å². The molecule has 0 aliphatic heterocycles. The predicted octanol–water partition coefficient (Wildman–Crippen LogP) is 4.12. The molecule has 0 aliphatic rings. The highest BCUT2D eigenvalue weighted by Gasteiger charge is 2.18. The normalized spacial score (nSPS) is 10.9. The highest BCUT2D eigenvalue weighted by Crippen LogP contribution is 2.18. The molecule has 152 valence electrons. The Kier molecular flexibility index (Phi) is 6.32. The Bertz CT molecular complexity index is 996. The second-order valence-electron chi connectivity index (χ2n) is 7.24. The molecule has 0 fully saturated rings. The second-order valence-corrected chi connectivity index (χ2v) is 7.24. The van der Waals surface area contributed by atoms with Gasteiger partial charge in [0.05, 0.1) is 5.69 Å². The van der Waals surface area contributed by atoms with Crippen LogP contribution in [0.5, 0.6) is 0 Å². The summed E-state index contributed by atoms with van der Waals surface area (Å²) in [5, 5.41) is 3.87. The zero-order chi connectivity index (χ0) is 21.0. The summed E-state index contributed by atoms with van der Waals surface area (Å²) in [6.07, 6.45) is 0.670. The minimum atomic E-state index is -0.406. The van der Waals surface area contributed by atoms with Gasteiger partial charge in [0.15, 0.2) is 6.61 Å². The Labute approximate surface area is 170 Å². The summed E-state index contributed by atoms with van der Waals surface area (Å²) >= 11 is 0. The van der Waals surface area contributed by atoms with Crippen LogP contribution in [0.15, 0.2) is 40.9 Å². The molecule has 3 aromatic rings. The first-order valence-corrected chi connectivity index (χ1v) is 9.68. The largest absolute Gasteiger partial charge is 0.457 e. The van der Waals surface area contributed by atoms with Gasteiger partial charge < -0.3 is 13.8 Å². The minimum absolute atomic E-state index is 0.184. The molecule has 0 saturated heterocycles. The van der Waals surface area contributed by atoms with Crippen molar-refractivity contribution in [3.8, 4) is 0 Å². The van der Waals surface area contributed by atoms with E-state index in [0.29, 0.717) is 24.3 Å². The molecular formula is C23H26N2O4. The number of ether oxygens (including phenoxy) is 1. The maximum Gasteiger partial charge on any atom is 0.306 e. The number of ketones is 1. The SMILES string of the molecule is Cc1noc(C)c1CCC(=O)OCC(=O)c1cc(C)n(Cc2ccccc2)c1C. The Balaban J connectivity index is 1.58. The molecule has 0 unspecified atom stereocenters. The third-order valence-electron chi connectivity index (χ3n) is 5.18. The lowest BCUT2D eigenvalue weighted by Gasteiger charge is -2.10. The molecule has 0 amide bonds. The Morgan fingerprint density at radius 3 is 2.48 bits per heavy atom. The summed E-state index contributed by atoms with van der Waals surface area (Å²) in [7, 11) is 0. The fourth-order valence-corrected chi connectivity index (χ4v) is 3.47. The third-order valence-corrected chi connectivity index (χ3v) is 5.18. The van der Waals surface area contributed by atoms with E-state index < -0.39 is 5.97 Å². The number of carbonyl (C=O) groups excluding carboxylic acids is 2. The van der Waals surface area contributed by atoms with Gasteiger partial charge in [0.25, 0.3) is 0 Å². The van der Waals surface area contributed by atoms with Gasteiger partial charge in [0.2, 0.25) is 5.78 Å². The number of rotatable bonds is 8. The minimum Gasteiger partial charge on any atom is -0.457 e. The molecule has 29 heavy (non-hydrogen) atoms.